The molecule has 4 nitrogen and oxygen atoms in total. The fourth-order valence-electron chi connectivity index (χ4n) is 3.21. The van der Waals surface area contributed by atoms with Crippen LogP contribution < -0.4 is 10.6 Å². The van der Waals surface area contributed by atoms with Crippen molar-refractivity contribution in [1.82, 2.24) is 9.97 Å². The fourth-order valence-corrected chi connectivity index (χ4v) is 3.21. The van der Waals surface area contributed by atoms with Crippen LogP contribution in [-0.4, -0.2) is 23.1 Å². The Bertz CT molecular complexity index is 640. The van der Waals surface area contributed by atoms with E-state index in [0.717, 1.165) is 16.9 Å². The molecule has 1 aromatic carbocycles. The van der Waals surface area contributed by atoms with Crippen molar-refractivity contribution in [3.05, 3.63) is 24.3 Å². The van der Waals surface area contributed by atoms with Crippen LogP contribution in [0.15, 0.2) is 24.3 Å². The molecule has 0 aliphatic heterocycles. The first kappa shape index (κ1) is 14.1. The first-order chi connectivity index (χ1) is 9.96. The van der Waals surface area contributed by atoms with Gasteiger partial charge < -0.3 is 10.6 Å². The molecule has 0 radical (unpaired) electrons. The molecule has 0 unspecified atom stereocenters. The molecule has 1 aromatic heterocycles. The van der Waals surface area contributed by atoms with Gasteiger partial charge in [-0.2, -0.15) is 0 Å². The minimum Gasteiger partial charge on any atom is -0.381 e. The van der Waals surface area contributed by atoms with Gasteiger partial charge in [0.25, 0.3) is 0 Å². The minimum absolute atomic E-state index is 0.470. The van der Waals surface area contributed by atoms with Gasteiger partial charge in [-0.3, -0.25) is 0 Å². The topological polar surface area (TPSA) is 55.0 Å². The summed E-state index contributed by atoms with van der Waals surface area (Å²) in [6, 6.07) is 8.40. The summed E-state index contributed by atoms with van der Waals surface area (Å²) in [5.74, 6) is 1.35. The number of fused-ring (bicyclic) bond motifs is 1. The van der Waals surface area contributed by atoms with Crippen LogP contribution in [0, 0.1) is 5.41 Å². The standard InChI is InChI=1S/C17H24N4/c1-17(2)10-8-12(9-11-17)21(3)16-15(18)19-13-6-4-5-7-14(13)20-16/h4-7,12H,8-11H2,1-3H3,(H2,18,19). The summed E-state index contributed by atoms with van der Waals surface area (Å²) in [6.45, 7) is 4.71. The Kier molecular flexibility index (Phi) is 3.47. The second-order valence-corrected chi connectivity index (χ2v) is 6.93. The van der Waals surface area contributed by atoms with Crippen LogP contribution in [0.2, 0.25) is 0 Å². The van der Waals surface area contributed by atoms with E-state index in [2.05, 4.69) is 30.8 Å². The Hall–Kier alpha value is -1.84. The summed E-state index contributed by atoms with van der Waals surface area (Å²) in [7, 11) is 2.10. The van der Waals surface area contributed by atoms with Gasteiger partial charge in [0.1, 0.15) is 0 Å². The zero-order chi connectivity index (χ0) is 15.0. The molecule has 3 rings (SSSR count). The van der Waals surface area contributed by atoms with Gasteiger partial charge in [-0.05, 0) is 43.2 Å². The second-order valence-electron chi connectivity index (χ2n) is 6.93. The molecule has 1 aliphatic carbocycles. The average molecular weight is 284 g/mol. The quantitative estimate of drug-likeness (QED) is 0.915. The Balaban J connectivity index is 1.87. The Morgan fingerprint density at radius 3 is 2.29 bits per heavy atom. The van der Waals surface area contributed by atoms with Crippen molar-refractivity contribution in [2.75, 3.05) is 17.7 Å². The van der Waals surface area contributed by atoms with Crippen molar-refractivity contribution in [3.63, 3.8) is 0 Å². The highest BCUT2D eigenvalue weighted by molar-refractivity contribution is 5.79. The number of nitrogen functional groups attached to an aromatic ring is 1. The van der Waals surface area contributed by atoms with Crippen LogP contribution in [0.4, 0.5) is 11.6 Å². The van der Waals surface area contributed by atoms with E-state index in [-0.39, 0.29) is 0 Å². The predicted molar refractivity (Wildman–Crippen MR) is 88.4 cm³/mol. The molecule has 0 amide bonds. The highest BCUT2D eigenvalue weighted by atomic mass is 15.2. The summed E-state index contributed by atoms with van der Waals surface area (Å²) in [5, 5.41) is 0. The lowest BCUT2D eigenvalue weighted by molar-refractivity contribution is 0.222. The predicted octanol–water partition coefficient (Wildman–Crippen LogP) is 3.62. The SMILES string of the molecule is CN(c1nc2ccccc2nc1N)C1CCC(C)(C)CC1. The molecule has 1 saturated carbocycles. The smallest absolute Gasteiger partial charge is 0.172 e. The normalized spacial score (nSPS) is 18.8. The van der Waals surface area contributed by atoms with Crippen molar-refractivity contribution in [2.45, 2.75) is 45.6 Å². The molecule has 0 saturated heterocycles. The number of benzene rings is 1. The van der Waals surface area contributed by atoms with Crippen LogP contribution in [0.5, 0.6) is 0 Å². The molecule has 2 aromatic rings. The number of rotatable bonds is 2. The van der Waals surface area contributed by atoms with Gasteiger partial charge in [0.05, 0.1) is 11.0 Å². The minimum atomic E-state index is 0.470. The lowest BCUT2D eigenvalue weighted by Crippen LogP contribution is -2.38. The zero-order valence-corrected chi connectivity index (χ0v) is 13.1. The highest BCUT2D eigenvalue weighted by Gasteiger charge is 2.30. The lowest BCUT2D eigenvalue weighted by atomic mass is 9.75. The summed E-state index contributed by atoms with van der Waals surface area (Å²) < 4.78 is 0. The molecule has 21 heavy (non-hydrogen) atoms. The monoisotopic (exact) mass is 284 g/mol. The van der Waals surface area contributed by atoms with Crippen molar-refractivity contribution < 1.29 is 0 Å². The van der Waals surface area contributed by atoms with Crippen LogP contribution in [0.25, 0.3) is 11.0 Å². The first-order valence-electron chi connectivity index (χ1n) is 7.71. The molecule has 112 valence electrons. The van der Waals surface area contributed by atoms with E-state index < -0.39 is 0 Å². The van der Waals surface area contributed by atoms with Crippen LogP contribution in [-0.2, 0) is 0 Å². The van der Waals surface area contributed by atoms with E-state index in [4.69, 9.17) is 10.7 Å². The average Bonchev–Trinajstić information content (AvgIpc) is 2.46. The molecule has 1 fully saturated rings. The van der Waals surface area contributed by atoms with Crippen molar-refractivity contribution in [2.24, 2.45) is 5.41 Å². The Labute approximate surface area is 126 Å². The largest absolute Gasteiger partial charge is 0.381 e. The van der Waals surface area contributed by atoms with Crippen LogP contribution >= 0.6 is 0 Å². The van der Waals surface area contributed by atoms with E-state index >= 15 is 0 Å². The van der Waals surface area contributed by atoms with Gasteiger partial charge >= 0.3 is 0 Å². The number of aromatic nitrogens is 2. The summed E-state index contributed by atoms with van der Waals surface area (Å²) in [5.41, 5.74) is 8.37. The maximum Gasteiger partial charge on any atom is 0.172 e. The molecule has 2 N–H and O–H groups in total. The molecular formula is C17H24N4. The van der Waals surface area contributed by atoms with Crippen LogP contribution in [0.3, 0.4) is 0 Å². The summed E-state index contributed by atoms with van der Waals surface area (Å²) >= 11 is 0. The maximum absolute atomic E-state index is 6.13. The van der Waals surface area contributed by atoms with Gasteiger partial charge in [-0.25, -0.2) is 9.97 Å². The van der Waals surface area contributed by atoms with Crippen LogP contribution in [0.1, 0.15) is 39.5 Å². The fraction of sp³-hybridized carbons (Fsp3) is 0.529. The van der Waals surface area contributed by atoms with Gasteiger partial charge in [0.2, 0.25) is 0 Å². The lowest BCUT2D eigenvalue weighted by Gasteiger charge is -2.39. The van der Waals surface area contributed by atoms with Crippen molar-refractivity contribution >= 4 is 22.7 Å². The molecule has 1 heterocycles. The van der Waals surface area contributed by atoms with Gasteiger partial charge in [0.15, 0.2) is 11.6 Å². The molecule has 0 atom stereocenters. The van der Waals surface area contributed by atoms with E-state index in [1.165, 1.54) is 25.7 Å². The van der Waals surface area contributed by atoms with Gasteiger partial charge in [-0.1, -0.05) is 26.0 Å². The van der Waals surface area contributed by atoms with Crippen molar-refractivity contribution in [3.8, 4) is 0 Å². The molecule has 4 heteroatoms. The Morgan fingerprint density at radius 2 is 1.67 bits per heavy atom. The number of nitrogens with zero attached hydrogens (tertiary/aromatic N) is 3. The van der Waals surface area contributed by atoms with Gasteiger partial charge in [-0.15, -0.1) is 0 Å². The van der Waals surface area contributed by atoms with Gasteiger partial charge in [0, 0.05) is 13.1 Å². The number of hydrogen-bond donors (Lipinski definition) is 1. The third-order valence-corrected chi connectivity index (χ3v) is 4.77. The number of para-hydroxylation sites is 2. The number of nitrogens with two attached hydrogens (primary N) is 1. The van der Waals surface area contributed by atoms with E-state index in [1.54, 1.807) is 0 Å². The molecule has 0 bridgehead atoms. The highest BCUT2D eigenvalue weighted by Crippen LogP contribution is 2.38. The summed E-state index contributed by atoms with van der Waals surface area (Å²) in [4.78, 5) is 11.4. The molecular weight excluding hydrogens is 260 g/mol. The maximum atomic E-state index is 6.13. The molecule has 0 spiro atoms. The van der Waals surface area contributed by atoms with Crippen molar-refractivity contribution in [1.29, 1.82) is 0 Å². The second kappa shape index (κ2) is 5.17. The number of anilines is 2. The Morgan fingerprint density at radius 1 is 1.10 bits per heavy atom. The first-order valence-corrected chi connectivity index (χ1v) is 7.71. The zero-order valence-electron chi connectivity index (χ0n) is 13.1. The van der Waals surface area contributed by atoms with E-state index in [9.17, 15) is 0 Å². The third-order valence-electron chi connectivity index (χ3n) is 4.77. The molecule has 1 aliphatic rings. The van der Waals surface area contributed by atoms with E-state index in [1.807, 2.05) is 24.3 Å². The third kappa shape index (κ3) is 2.80. The van der Waals surface area contributed by atoms with E-state index in [0.29, 0.717) is 17.3 Å². The number of hydrogen-bond acceptors (Lipinski definition) is 4. The summed E-state index contributed by atoms with van der Waals surface area (Å²) in [6.07, 6.45) is 4.89.